The Morgan fingerprint density at radius 2 is 2.05 bits per heavy atom. The lowest BCUT2D eigenvalue weighted by molar-refractivity contribution is 0.0854. The number of rotatable bonds is 2. The van der Waals surface area contributed by atoms with Gasteiger partial charge in [-0.1, -0.05) is 24.3 Å². The zero-order valence-electron chi connectivity index (χ0n) is 11.2. The number of nitrogen functional groups attached to an aromatic ring is 1. The zero-order valence-corrected chi connectivity index (χ0v) is 11.2. The Kier molecular flexibility index (Phi) is 3.35. The quantitative estimate of drug-likeness (QED) is 0.737. The van der Waals surface area contributed by atoms with Crippen molar-refractivity contribution in [2.75, 3.05) is 5.73 Å². The van der Waals surface area contributed by atoms with Crippen molar-refractivity contribution in [3.05, 3.63) is 65.0 Å². The normalized spacial score (nSPS) is 20.1. The van der Waals surface area contributed by atoms with Gasteiger partial charge in [0, 0.05) is 12.1 Å². The second-order valence-corrected chi connectivity index (χ2v) is 5.16. The molecule has 2 atom stereocenters. The van der Waals surface area contributed by atoms with Gasteiger partial charge in [-0.15, -0.1) is 0 Å². The van der Waals surface area contributed by atoms with Gasteiger partial charge in [0.05, 0.1) is 17.7 Å². The monoisotopic (exact) mass is 286 g/mol. The van der Waals surface area contributed by atoms with E-state index in [0.29, 0.717) is 6.42 Å². The zero-order chi connectivity index (χ0) is 15.0. The minimum atomic E-state index is -0.705. The number of anilines is 1. The van der Waals surface area contributed by atoms with Crippen LogP contribution in [0.1, 0.15) is 27.5 Å². The third kappa shape index (κ3) is 2.48. The maximum absolute atomic E-state index is 13.8. The number of halogens is 1. The number of fused-ring (bicyclic) bond motifs is 1. The van der Waals surface area contributed by atoms with Crippen molar-refractivity contribution in [3.63, 3.8) is 0 Å². The Balaban J connectivity index is 1.85. The molecule has 2 aromatic carbocycles. The van der Waals surface area contributed by atoms with Crippen LogP contribution < -0.4 is 11.1 Å². The molecular weight excluding hydrogens is 271 g/mol. The van der Waals surface area contributed by atoms with Gasteiger partial charge >= 0.3 is 0 Å². The molecular formula is C16H15FN2O2. The van der Waals surface area contributed by atoms with Crippen molar-refractivity contribution < 1.29 is 14.3 Å². The summed E-state index contributed by atoms with van der Waals surface area (Å²) in [5.41, 5.74) is 7.50. The predicted octanol–water partition coefficient (Wildman–Crippen LogP) is 1.80. The van der Waals surface area contributed by atoms with Crippen LogP contribution in [0.5, 0.6) is 0 Å². The fraction of sp³-hybridized carbons (Fsp3) is 0.188. The molecule has 1 aliphatic carbocycles. The Bertz CT molecular complexity index is 702. The topological polar surface area (TPSA) is 75.4 Å². The summed E-state index contributed by atoms with van der Waals surface area (Å²) in [7, 11) is 0. The molecule has 108 valence electrons. The first-order chi connectivity index (χ1) is 10.1. The largest absolute Gasteiger partial charge is 0.399 e. The fourth-order valence-corrected chi connectivity index (χ4v) is 2.68. The molecule has 3 rings (SSSR count). The molecule has 21 heavy (non-hydrogen) atoms. The summed E-state index contributed by atoms with van der Waals surface area (Å²) in [4.78, 5) is 12.2. The van der Waals surface area contributed by atoms with Crippen LogP contribution in [0, 0.1) is 5.82 Å². The molecule has 2 aromatic rings. The number of nitrogens with two attached hydrogens (primary N) is 1. The highest BCUT2D eigenvalue weighted by molar-refractivity contribution is 5.95. The average molecular weight is 286 g/mol. The van der Waals surface area contributed by atoms with Crippen LogP contribution in [0.3, 0.4) is 0 Å². The number of carbonyl (C=O) groups excluding carboxylic acids is 1. The number of amides is 1. The number of hydrogen-bond acceptors (Lipinski definition) is 3. The van der Waals surface area contributed by atoms with Crippen LogP contribution >= 0.6 is 0 Å². The molecule has 0 spiro atoms. The van der Waals surface area contributed by atoms with Gasteiger partial charge in [0.25, 0.3) is 5.91 Å². The molecule has 4 N–H and O–H groups in total. The van der Waals surface area contributed by atoms with Gasteiger partial charge in [0.2, 0.25) is 0 Å². The minimum Gasteiger partial charge on any atom is -0.399 e. The van der Waals surface area contributed by atoms with E-state index < -0.39 is 23.9 Å². The SMILES string of the molecule is Nc1ccc(C(=O)N[C@@H]2c3ccccc3C[C@@H]2O)c(F)c1. The van der Waals surface area contributed by atoms with E-state index in [4.69, 9.17) is 5.73 Å². The van der Waals surface area contributed by atoms with Crippen molar-refractivity contribution in [1.82, 2.24) is 5.32 Å². The third-order valence-electron chi connectivity index (χ3n) is 3.73. The van der Waals surface area contributed by atoms with Crippen LogP contribution in [0.25, 0.3) is 0 Å². The lowest BCUT2D eigenvalue weighted by Gasteiger charge is -2.18. The Morgan fingerprint density at radius 3 is 2.81 bits per heavy atom. The summed E-state index contributed by atoms with van der Waals surface area (Å²) in [5.74, 6) is -1.23. The van der Waals surface area contributed by atoms with Gasteiger partial charge in [-0.2, -0.15) is 0 Å². The molecule has 0 fully saturated rings. The predicted molar refractivity (Wildman–Crippen MR) is 77.2 cm³/mol. The van der Waals surface area contributed by atoms with E-state index in [1.165, 1.54) is 12.1 Å². The number of aliphatic hydroxyl groups excluding tert-OH is 1. The maximum atomic E-state index is 13.8. The van der Waals surface area contributed by atoms with E-state index in [1.54, 1.807) is 0 Å². The van der Waals surface area contributed by atoms with Crippen LogP contribution in [-0.2, 0) is 6.42 Å². The molecule has 0 heterocycles. The number of carbonyl (C=O) groups is 1. The molecule has 1 amide bonds. The van der Waals surface area contributed by atoms with Gasteiger partial charge in [-0.05, 0) is 29.3 Å². The molecule has 1 aliphatic rings. The summed E-state index contributed by atoms with van der Waals surface area (Å²) in [6.45, 7) is 0. The lowest BCUT2D eigenvalue weighted by Crippen LogP contribution is -2.34. The molecule has 0 radical (unpaired) electrons. The minimum absolute atomic E-state index is 0.0826. The smallest absolute Gasteiger partial charge is 0.254 e. The van der Waals surface area contributed by atoms with Crippen LogP contribution in [0.4, 0.5) is 10.1 Å². The number of aliphatic hydroxyl groups is 1. The van der Waals surface area contributed by atoms with E-state index in [-0.39, 0.29) is 11.3 Å². The van der Waals surface area contributed by atoms with Crippen molar-refractivity contribution in [3.8, 4) is 0 Å². The summed E-state index contributed by atoms with van der Waals surface area (Å²) in [6.07, 6.45) is -0.228. The molecule has 4 nitrogen and oxygen atoms in total. The van der Waals surface area contributed by atoms with Gasteiger partial charge in [0.15, 0.2) is 0 Å². The van der Waals surface area contributed by atoms with Crippen LogP contribution in [0.15, 0.2) is 42.5 Å². The molecule has 0 saturated heterocycles. The van der Waals surface area contributed by atoms with Crippen LogP contribution in [-0.4, -0.2) is 17.1 Å². The summed E-state index contributed by atoms with van der Waals surface area (Å²) >= 11 is 0. The van der Waals surface area contributed by atoms with E-state index in [1.807, 2.05) is 24.3 Å². The first-order valence-electron chi connectivity index (χ1n) is 6.68. The Labute approximate surface area is 121 Å². The van der Waals surface area contributed by atoms with E-state index in [2.05, 4.69) is 5.32 Å². The van der Waals surface area contributed by atoms with Crippen LogP contribution in [0.2, 0.25) is 0 Å². The van der Waals surface area contributed by atoms with Crippen molar-refractivity contribution in [2.45, 2.75) is 18.6 Å². The highest BCUT2D eigenvalue weighted by Crippen LogP contribution is 2.31. The van der Waals surface area contributed by atoms with Gasteiger partial charge in [-0.3, -0.25) is 4.79 Å². The van der Waals surface area contributed by atoms with E-state index in [0.717, 1.165) is 17.2 Å². The summed E-state index contributed by atoms with van der Waals surface area (Å²) in [6, 6.07) is 10.9. The van der Waals surface area contributed by atoms with Gasteiger partial charge < -0.3 is 16.2 Å². The molecule has 0 bridgehead atoms. The highest BCUT2D eigenvalue weighted by Gasteiger charge is 2.32. The second-order valence-electron chi connectivity index (χ2n) is 5.16. The number of nitrogens with one attached hydrogen (secondary N) is 1. The van der Waals surface area contributed by atoms with Gasteiger partial charge in [0.1, 0.15) is 5.82 Å². The average Bonchev–Trinajstić information content (AvgIpc) is 2.75. The number of hydrogen-bond donors (Lipinski definition) is 3. The molecule has 0 aliphatic heterocycles. The van der Waals surface area contributed by atoms with Crippen molar-refractivity contribution >= 4 is 11.6 Å². The number of benzene rings is 2. The Morgan fingerprint density at radius 1 is 1.29 bits per heavy atom. The first kappa shape index (κ1) is 13.6. The van der Waals surface area contributed by atoms with Crippen molar-refractivity contribution in [2.24, 2.45) is 0 Å². The molecule has 5 heteroatoms. The van der Waals surface area contributed by atoms with E-state index >= 15 is 0 Å². The first-order valence-corrected chi connectivity index (χ1v) is 6.68. The summed E-state index contributed by atoms with van der Waals surface area (Å²) in [5, 5.41) is 12.8. The van der Waals surface area contributed by atoms with Crippen molar-refractivity contribution in [1.29, 1.82) is 0 Å². The molecule has 0 saturated carbocycles. The molecule has 0 aromatic heterocycles. The Hall–Kier alpha value is -2.40. The maximum Gasteiger partial charge on any atom is 0.254 e. The second kappa shape index (κ2) is 5.18. The standard InChI is InChI=1S/C16H15FN2O2/c17-13-8-10(18)5-6-12(13)16(21)19-15-11-4-2-1-3-9(11)7-14(15)20/h1-6,8,14-15,20H,7,18H2,(H,19,21)/t14-,15+/m0/s1. The lowest BCUT2D eigenvalue weighted by atomic mass is 10.1. The highest BCUT2D eigenvalue weighted by atomic mass is 19.1. The summed E-state index contributed by atoms with van der Waals surface area (Å²) < 4.78 is 13.8. The van der Waals surface area contributed by atoms with E-state index in [9.17, 15) is 14.3 Å². The fourth-order valence-electron chi connectivity index (χ4n) is 2.68. The third-order valence-corrected chi connectivity index (χ3v) is 3.73. The molecule has 0 unspecified atom stereocenters. The van der Waals surface area contributed by atoms with Gasteiger partial charge in [-0.25, -0.2) is 4.39 Å².